The molecular formula is C15H20ClN5O. The van der Waals surface area contributed by atoms with Crippen LogP contribution in [-0.4, -0.2) is 39.2 Å². The van der Waals surface area contributed by atoms with Gasteiger partial charge < -0.3 is 5.32 Å². The Hall–Kier alpha value is -1.92. The lowest BCUT2D eigenvalue weighted by Crippen LogP contribution is -2.30. The Balaban J connectivity index is 1.91. The SMILES string of the molecule is CCn1ncc(CN(C)CC(=O)Nc2cccnc2Cl)c1C. The lowest BCUT2D eigenvalue weighted by Gasteiger charge is -2.16. The molecule has 0 atom stereocenters. The summed E-state index contributed by atoms with van der Waals surface area (Å²) < 4.78 is 1.94. The number of hydrogen-bond donors (Lipinski definition) is 1. The van der Waals surface area contributed by atoms with Crippen molar-refractivity contribution in [1.29, 1.82) is 0 Å². The minimum absolute atomic E-state index is 0.127. The number of amides is 1. The highest BCUT2D eigenvalue weighted by molar-refractivity contribution is 6.32. The van der Waals surface area contributed by atoms with Gasteiger partial charge in [0.05, 0.1) is 18.4 Å². The zero-order valence-electron chi connectivity index (χ0n) is 13.0. The number of aromatic nitrogens is 3. The molecule has 0 unspecified atom stereocenters. The summed E-state index contributed by atoms with van der Waals surface area (Å²) in [5, 5.41) is 7.36. The summed E-state index contributed by atoms with van der Waals surface area (Å²) in [5.74, 6) is -0.127. The number of nitrogens with zero attached hydrogens (tertiary/aromatic N) is 4. The number of aryl methyl sites for hydroxylation is 1. The van der Waals surface area contributed by atoms with Gasteiger partial charge >= 0.3 is 0 Å². The van der Waals surface area contributed by atoms with Gasteiger partial charge in [0.25, 0.3) is 0 Å². The lowest BCUT2D eigenvalue weighted by atomic mass is 10.2. The number of pyridine rings is 1. The molecule has 1 N–H and O–H groups in total. The van der Waals surface area contributed by atoms with Crippen molar-refractivity contribution in [3.05, 3.63) is 40.9 Å². The first-order chi connectivity index (χ1) is 10.5. The van der Waals surface area contributed by atoms with E-state index in [0.717, 1.165) is 17.8 Å². The molecule has 0 bridgehead atoms. The van der Waals surface area contributed by atoms with E-state index in [1.807, 2.05) is 29.7 Å². The second-order valence-corrected chi connectivity index (χ2v) is 5.49. The number of carbonyl (C=O) groups excluding carboxylic acids is 1. The third-order valence-electron chi connectivity index (χ3n) is 3.39. The first-order valence-electron chi connectivity index (χ1n) is 7.11. The van der Waals surface area contributed by atoms with Crippen LogP contribution in [0.4, 0.5) is 5.69 Å². The van der Waals surface area contributed by atoms with Crippen molar-refractivity contribution < 1.29 is 4.79 Å². The normalized spacial score (nSPS) is 11.0. The fraction of sp³-hybridized carbons (Fsp3) is 0.400. The van der Waals surface area contributed by atoms with E-state index in [4.69, 9.17) is 11.6 Å². The van der Waals surface area contributed by atoms with Crippen LogP contribution in [0.1, 0.15) is 18.2 Å². The highest BCUT2D eigenvalue weighted by Crippen LogP contribution is 2.17. The van der Waals surface area contributed by atoms with Crippen molar-refractivity contribution in [2.75, 3.05) is 18.9 Å². The molecule has 0 aliphatic rings. The van der Waals surface area contributed by atoms with Crippen LogP contribution in [0.25, 0.3) is 0 Å². The van der Waals surface area contributed by atoms with Crippen LogP contribution in [-0.2, 0) is 17.9 Å². The van der Waals surface area contributed by atoms with Crippen molar-refractivity contribution in [2.24, 2.45) is 0 Å². The molecule has 0 fully saturated rings. The molecule has 118 valence electrons. The number of rotatable bonds is 6. The summed E-state index contributed by atoms with van der Waals surface area (Å²) in [5.41, 5.74) is 2.78. The van der Waals surface area contributed by atoms with Gasteiger partial charge in [0.15, 0.2) is 5.15 Å². The number of likely N-dealkylation sites (N-methyl/N-ethyl adjacent to an activating group) is 1. The molecule has 0 saturated heterocycles. The molecule has 0 aliphatic carbocycles. The van der Waals surface area contributed by atoms with E-state index in [0.29, 0.717) is 17.4 Å². The van der Waals surface area contributed by atoms with Gasteiger partial charge in [-0.1, -0.05) is 11.6 Å². The van der Waals surface area contributed by atoms with E-state index in [1.165, 1.54) is 0 Å². The molecule has 1 amide bonds. The van der Waals surface area contributed by atoms with Gasteiger partial charge in [0.2, 0.25) is 5.91 Å². The molecule has 2 aromatic heterocycles. The number of nitrogens with one attached hydrogen (secondary N) is 1. The zero-order chi connectivity index (χ0) is 16.1. The summed E-state index contributed by atoms with van der Waals surface area (Å²) in [7, 11) is 1.90. The average Bonchev–Trinajstić information content (AvgIpc) is 2.82. The minimum atomic E-state index is -0.127. The highest BCUT2D eigenvalue weighted by Gasteiger charge is 2.12. The number of anilines is 1. The number of carbonyl (C=O) groups is 1. The molecule has 7 heteroatoms. The van der Waals surface area contributed by atoms with Crippen LogP contribution in [0.3, 0.4) is 0 Å². The molecule has 0 aliphatic heterocycles. The minimum Gasteiger partial charge on any atom is -0.322 e. The van der Waals surface area contributed by atoms with Crippen molar-refractivity contribution in [3.63, 3.8) is 0 Å². The molecular weight excluding hydrogens is 302 g/mol. The van der Waals surface area contributed by atoms with Crippen molar-refractivity contribution in [2.45, 2.75) is 26.9 Å². The Morgan fingerprint density at radius 2 is 2.27 bits per heavy atom. The Kier molecular flexibility index (Phi) is 5.51. The van der Waals surface area contributed by atoms with Crippen LogP contribution >= 0.6 is 11.6 Å². The Bertz CT molecular complexity index is 655. The Labute approximate surface area is 135 Å². The van der Waals surface area contributed by atoms with E-state index >= 15 is 0 Å². The van der Waals surface area contributed by atoms with Crippen molar-refractivity contribution in [1.82, 2.24) is 19.7 Å². The van der Waals surface area contributed by atoms with Gasteiger partial charge in [0.1, 0.15) is 0 Å². The molecule has 0 radical (unpaired) electrons. The molecule has 2 heterocycles. The first-order valence-corrected chi connectivity index (χ1v) is 7.49. The maximum Gasteiger partial charge on any atom is 0.238 e. The summed E-state index contributed by atoms with van der Waals surface area (Å²) in [4.78, 5) is 17.9. The predicted molar refractivity (Wildman–Crippen MR) is 86.8 cm³/mol. The smallest absolute Gasteiger partial charge is 0.238 e. The van der Waals surface area contributed by atoms with E-state index in [9.17, 15) is 4.79 Å². The summed E-state index contributed by atoms with van der Waals surface area (Å²) in [6, 6.07) is 3.45. The lowest BCUT2D eigenvalue weighted by molar-refractivity contribution is -0.117. The molecule has 0 saturated carbocycles. The van der Waals surface area contributed by atoms with E-state index in [-0.39, 0.29) is 12.5 Å². The molecule has 2 rings (SSSR count). The van der Waals surface area contributed by atoms with Gasteiger partial charge in [-0.05, 0) is 33.0 Å². The first kappa shape index (κ1) is 16.5. The summed E-state index contributed by atoms with van der Waals surface area (Å²) in [6.07, 6.45) is 3.43. The van der Waals surface area contributed by atoms with E-state index in [1.54, 1.807) is 18.3 Å². The van der Waals surface area contributed by atoms with Crippen molar-refractivity contribution >= 4 is 23.2 Å². The van der Waals surface area contributed by atoms with Crippen molar-refractivity contribution in [3.8, 4) is 0 Å². The average molecular weight is 322 g/mol. The van der Waals surface area contributed by atoms with Crippen LogP contribution in [0.15, 0.2) is 24.5 Å². The summed E-state index contributed by atoms with van der Waals surface area (Å²) in [6.45, 7) is 5.87. The Morgan fingerprint density at radius 1 is 1.50 bits per heavy atom. The standard InChI is InChI=1S/C15H20ClN5O/c1-4-21-11(2)12(8-18-21)9-20(3)10-14(22)19-13-6-5-7-17-15(13)16/h5-8H,4,9-10H2,1-3H3,(H,19,22). The molecule has 0 spiro atoms. The molecule has 6 nitrogen and oxygen atoms in total. The quantitative estimate of drug-likeness (QED) is 0.829. The molecule has 22 heavy (non-hydrogen) atoms. The summed E-state index contributed by atoms with van der Waals surface area (Å²) >= 11 is 5.92. The molecule has 0 aromatic carbocycles. The maximum atomic E-state index is 12.1. The molecule has 2 aromatic rings. The van der Waals surface area contributed by atoms with Gasteiger partial charge in [-0.3, -0.25) is 14.4 Å². The van der Waals surface area contributed by atoms with Gasteiger partial charge in [-0.2, -0.15) is 5.10 Å². The van der Waals surface area contributed by atoms with E-state index < -0.39 is 0 Å². The van der Waals surface area contributed by atoms with Gasteiger partial charge in [-0.25, -0.2) is 4.98 Å². The zero-order valence-corrected chi connectivity index (χ0v) is 13.8. The second kappa shape index (κ2) is 7.38. The van der Waals surface area contributed by atoms with E-state index in [2.05, 4.69) is 22.3 Å². The fourth-order valence-corrected chi connectivity index (χ4v) is 2.39. The van der Waals surface area contributed by atoms with Gasteiger partial charge in [0, 0.05) is 30.5 Å². The predicted octanol–water partition coefficient (Wildman–Crippen LogP) is 2.33. The number of halogens is 1. The van der Waals surface area contributed by atoms with Crippen LogP contribution < -0.4 is 5.32 Å². The van der Waals surface area contributed by atoms with Crippen LogP contribution in [0.2, 0.25) is 5.15 Å². The Morgan fingerprint density at radius 3 is 2.91 bits per heavy atom. The number of hydrogen-bond acceptors (Lipinski definition) is 4. The monoisotopic (exact) mass is 321 g/mol. The maximum absolute atomic E-state index is 12.1. The largest absolute Gasteiger partial charge is 0.322 e. The van der Waals surface area contributed by atoms with Crippen LogP contribution in [0, 0.1) is 6.92 Å². The third kappa shape index (κ3) is 4.05. The topological polar surface area (TPSA) is 63.1 Å². The highest BCUT2D eigenvalue weighted by atomic mass is 35.5. The van der Waals surface area contributed by atoms with Gasteiger partial charge in [-0.15, -0.1) is 0 Å². The fourth-order valence-electron chi connectivity index (χ4n) is 2.22. The second-order valence-electron chi connectivity index (χ2n) is 5.13. The van der Waals surface area contributed by atoms with Crippen LogP contribution in [0.5, 0.6) is 0 Å². The third-order valence-corrected chi connectivity index (χ3v) is 3.69.